The summed E-state index contributed by atoms with van der Waals surface area (Å²) in [4.78, 5) is -1.95. The average molecular weight is 1690 g/mol. The summed E-state index contributed by atoms with van der Waals surface area (Å²) in [7, 11) is 0. The van der Waals surface area contributed by atoms with Gasteiger partial charge in [0, 0.05) is 0 Å². The van der Waals surface area contributed by atoms with Crippen molar-refractivity contribution in [3.63, 3.8) is 0 Å². The van der Waals surface area contributed by atoms with E-state index in [0.717, 1.165) is 0 Å². The molecule has 0 aromatic carbocycles. The number of alkyl halides is 41. The van der Waals surface area contributed by atoms with Crippen LogP contribution >= 0.6 is 476 Å². The Morgan fingerprint density at radius 2 is 0.246 bits per heavy atom. The molecule has 0 heterocycles. The van der Waals surface area contributed by atoms with Gasteiger partial charge in [0.25, 0.3) is 0 Å². The van der Waals surface area contributed by atoms with Gasteiger partial charge in [-0.3, -0.25) is 0 Å². The first-order valence-corrected chi connectivity index (χ1v) is 28.2. The molecule has 0 aromatic heterocycles. The van der Waals surface area contributed by atoms with Crippen LogP contribution in [0.1, 0.15) is 0 Å². The number of hydrogen-bond acceptors (Lipinski definition) is 0. The molecule has 0 saturated heterocycles. The molecule has 0 aliphatic carbocycles. The molecule has 368 valence electrons. The molecular weight excluding hydrogens is 1690 g/mol. The molecule has 61 heavy (non-hydrogen) atoms. The van der Waals surface area contributed by atoms with Gasteiger partial charge in [0.15, 0.2) is 73.7 Å². The Balaban J connectivity index is 7.95. The maximum absolute atomic E-state index is 6.61. The molecule has 0 saturated carbocycles. The van der Waals surface area contributed by atoms with Crippen LogP contribution in [0.3, 0.4) is 0 Å². The van der Waals surface area contributed by atoms with Gasteiger partial charge in [-0.2, -0.15) is 0 Å². The Bertz CT molecular complexity index is 1580. The van der Waals surface area contributed by atoms with Crippen LogP contribution in [0.5, 0.6) is 0 Å². The van der Waals surface area contributed by atoms with Crippen molar-refractivity contribution in [2.75, 3.05) is 0 Å². The van der Waals surface area contributed by atoms with Crippen LogP contribution in [-0.4, -0.2) is 86.6 Å². The van der Waals surface area contributed by atoms with Crippen molar-refractivity contribution < 1.29 is 0 Å². The topological polar surface area (TPSA) is 0 Å². The maximum Gasteiger partial charge on any atom is 0.226 e. The monoisotopic (exact) mass is 1670 g/mol. The Morgan fingerprint density at radius 1 is 0.148 bits per heavy atom. The van der Waals surface area contributed by atoms with E-state index in [4.69, 9.17) is 476 Å². The van der Waals surface area contributed by atoms with Crippen LogP contribution in [0.25, 0.3) is 0 Å². The fourth-order valence-corrected chi connectivity index (χ4v) is 17.4. The van der Waals surface area contributed by atoms with Gasteiger partial charge in [0.2, 0.25) is 8.13 Å². The third-order valence-electron chi connectivity index (χ3n) is 7.36. The standard InChI is InChI=1S/C20HCl41/c21-1(22)2(23,24)3(25,26)4(27,28)5(29,30)6(31,32)7(33,34)8(35,36)9(37,38)10(39,40)11(41,42)12(43,44)13(45,46)14(47,48)15(49,50)16(51,52)17(53,54)18(55,56)19(57,58)20(59,60)61/h1H. The zero-order chi connectivity index (χ0) is 51.1. The Labute approximate surface area is 552 Å². The SMILES string of the molecule is ClC(Cl)C(Cl)(Cl)C(Cl)(Cl)C(Cl)(Cl)C(Cl)(Cl)C(Cl)(Cl)C(Cl)(Cl)C(Cl)(Cl)C(Cl)(Cl)C(Cl)(Cl)C(Cl)(Cl)C(Cl)(Cl)C(Cl)(Cl)C(Cl)(Cl)C(Cl)(Cl)C(Cl)(Cl)C(Cl)(Cl)C(Cl)(Cl)C(Cl)(Cl)C(Cl)(Cl)Cl. The lowest BCUT2D eigenvalue weighted by Gasteiger charge is -2.59. The number of rotatable bonds is 18. The van der Waals surface area contributed by atoms with Crippen molar-refractivity contribution in [2.45, 2.75) is 86.6 Å². The molecular formula is C20HCl41. The predicted molar refractivity (Wildman–Crippen MR) is 296 cm³/mol. The highest BCUT2D eigenvalue weighted by Crippen LogP contribution is 2.79. The van der Waals surface area contributed by atoms with Gasteiger partial charge in [-0.1, -0.05) is 452 Å². The third kappa shape index (κ3) is 10.9. The summed E-state index contributed by atoms with van der Waals surface area (Å²) in [5, 5.41) is 0. The molecule has 0 unspecified atom stereocenters. The summed E-state index contributed by atoms with van der Waals surface area (Å²) in [6, 6.07) is 0. The first-order chi connectivity index (χ1) is 25.4. The van der Waals surface area contributed by atoms with E-state index in [2.05, 4.69) is 0 Å². The molecule has 0 rings (SSSR count). The second-order valence-electron chi connectivity index (χ2n) is 11.2. The lowest BCUT2D eigenvalue weighted by Crippen LogP contribution is -2.76. The fourth-order valence-electron chi connectivity index (χ4n) is 3.48. The van der Waals surface area contributed by atoms with E-state index in [9.17, 15) is 0 Å². The smallest absolute Gasteiger partial charge is 0.102 e. The highest BCUT2D eigenvalue weighted by Gasteiger charge is 2.89. The van der Waals surface area contributed by atoms with Gasteiger partial charge in [0.05, 0.1) is 0 Å². The summed E-state index contributed by atoms with van der Waals surface area (Å²) >= 11 is 262. The number of halogens is 41. The zero-order valence-corrected chi connectivity index (χ0v) is 56.6. The molecule has 0 N–H and O–H groups in total. The highest BCUT2D eigenvalue weighted by atomic mass is 35.6. The van der Waals surface area contributed by atoms with Gasteiger partial charge >= 0.3 is 0 Å². The summed E-state index contributed by atoms with van der Waals surface area (Å²) in [5.41, 5.74) is 0. The van der Waals surface area contributed by atoms with E-state index < -0.39 is 86.6 Å². The van der Waals surface area contributed by atoms with Gasteiger partial charge in [-0.05, 0) is 0 Å². The molecule has 0 aliphatic heterocycles. The molecule has 41 heteroatoms. The minimum atomic E-state index is -3.77. The van der Waals surface area contributed by atoms with Gasteiger partial charge in [-0.15, -0.1) is 23.2 Å². The van der Waals surface area contributed by atoms with E-state index in [-0.39, 0.29) is 0 Å². The minimum Gasteiger partial charge on any atom is -0.102 e. The molecule has 0 spiro atoms. The van der Waals surface area contributed by atoms with Crippen LogP contribution in [0, 0.1) is 0 Å². The second kappa shape index (κ2) is 21.7. The van der Waals surface area contributed by atoms with Crippen molar-refractivity contribution in [3.05, 3.63) is 0 Å². The number of hydrogen-bond donors (Lipinski definition) is 0. The first kappa shape index (κ1) is 72.9. The Kier molecular flexibility index (Phi) is 26.0. The molecule has 0 radical (unpaired) electrons. The van der Waals surface area contributed by atoms with Crippen LogP contribution in [0.2, 0.25) is 0 Å². The van der Waals surface area contributed by atoms with Crippen molar-refractivity contribution in [3.8, 4) is 0 Å². The Hall–Kier alpha value is 11.9. The second-order valence-corrected chi connectivity index (χ2v) is 38.5. The van der Waals surface area contributed by atoms with E-state index >= 15 is 0 Å². The van der Waals surface area contributed by atoms with Crippen LogP contribution in [0.15, 0.2) is 0 Å². The van der Waals surface area contributed by atoms with Crippen LogP contribution in [0.4, 0.5) is 0 Å². The van der Waals surface area contributed by atoms with Gasteiger partial charge in [0.1, 0.15) is 4.84 Å². The summed E-state index contributed by atoms with van der Waals surface area (Å²) in [6.07, 6.45) is 0. The summed E-state index contributed by atoms with van der Waals surface area (Å²) in [6.45, 7) is 0. The highest BCUT2D eigenvalue weighted by molar-refractivity contribution is 6.87. The van der Waals surface area contributed by atoms with Crippen molar-refractivity contribution in [1.82, 2.24) is 0 Å². The van der Waals surface area contributed by atoms with Crippen molar-refractivity contribution >= 4 is 476 Å². The minimum absolute atomic E-state index is 1.95. The van der Waals surface area contributed by atoms with Crippen molar-refractivity contribution in [1.29, 1.82) is 0 Å². The molecule has 0 aliphatic rings. The van der Waals surface area contributed by atoms with Crippen LogP contribution in [-0.2, 0) is 0 Å². The summed E-state index contributed by atoms with van der Waals surface area (Å²) in [5.74, 6) is 0. The summed E-state index contributed by atoms with van der Waals surface area (Å²) < 4.78 is -66.4. The molecule has 0 bridgehead atoms. The largest absolute Gasteiger partial charge is 0.226 e. The Morgan fingerprint density at radius 3 is 0.344 bits per heavy atom. The molecule has 0 amide bonds. The third-order valence-corrected chi connectivity index (χ3v) is 36.8. The fraction of sp³-hybridized carbons (Fsp3) is 1.00. The van der Waals surface area contributed by atoms with E-state index in [1.807, 2.05) is 0 Å². The normalized spacial score (nSPS) is 17.4. The average Bonchev–Trinajstić information content (AvgIpc) is 3.02. The molecule has 0 atom stereocenters. The van der Waals surface area contributed by atoms with Crippen LogP contribution < -0.4 is 0 Å². The van der Waals surface area contributed by atoms with E-state index in [1.165, 1.54) is 0 Å². The molecule has 0 fully saturated rings. The van der Waals surface area contributed by atoms with Crippen molar-refractivity contribution in [2.24, 2.45) is 0 Å². The first-order valence-electron chi connectivity index (χ1n) is 12.6. The van der Waals surface area contributed by atoms with Gasteiger partial charge in [-0.25, -0.2) is 0 Å². The lowest BCUT2D eigenvalue weighted by atomic mass is 9.96. The lowest BCUT2D eigenvalue weighted by molar-refractivity contribution is 0.389. The zero-order valence-electron chi connectivity index (χ0n) is 25.6. The molecule has 0 aromatic rings. The van der Waals surface area contributed by atoms with Gasteiger partial charge < -0.3 is 0 Å². The quantitative estimate of drug-likeness (QED) is 0.120. The maximum atomic E-state index is 6.61. The molecule has 0 nitrogen and oxygen atoms in total. The van der Waals surface area contributed by atoms with E-state index in [1.54, 1.807) is 0 Å². The predicted octanol–water partition coefficient (Wildman–Crippen LogP) is 24.3. The van der Waals surface area contributed by atoms with E-state index in [0.29, 0.717) is 0 Å².